The maximum atomic E-state index is 9.68. The standard InChI is InChI=1S/C9H16N2O/c10-9-5-4-6-7(11-9)2-1-3-8(6)12/h6-8,12H,1-5H2,(H2,10,11)/t6-,7-,8?/m1/s1. The average Bonchev–Trinajstić information content (AvgIpc) is 2.04. The van der Waals surface area contributed by atoms with Crippen molar-refractivity contribution in [3.63, 3.8) is 0 Å². The topological polar surface area (TPSA) is 58.6 Å². The van der Waals surface area contributed by atoms with Crippen molar-refractivity contribution in [1.82, 2.24) is 0 Å². The summed E-state index contributed by atoms with van der Waals surface area (Å²) in [4.78, 5) is 4.39. The molecule has 0 aromatic heterocycles. The van der Waals surface area contributed by atoms with E-state index in [1.807, 2.05) is 0 Å². The maximum absolute atomic E-state index is 9.68. The third-order valence-electron chi connectivity index (χ3n) is 3.05. The Kier molecular flexibility index (Phi) is 2.05. The van der Waals surface area contributed by atoms with Crippen LogP contribution in [0.25, 0.3) is 0 Å². The molecule has 0 amide bonds. The fourth-order valence-corrected chi connectivity index (χ4v) is 2.36. The fraction of sp³-hybridized carbons (Fsp3) is 0.889. The van der Waals surface area contributed by atoms with E-state index in [-0.39, 0.29) is 6.10 Å². The maximum Gasteiger partial charge on any atom is 0.0940 e. The number of aliphatic hydroxyl groups is 1. The van der Waals surface area contributed by atoms with Gasteiger partial charge in [0.05, 0.1) is 18.0 Å². The SMILES string of the molecule is NC1=N[C@@H]2CCCC(O)[C@@H]2CC1. The third kappa shape index (κ3) is 1.33. The molecule has 1 saturated carbocycles. The molecular weight excluding hydrogens is 152 g/mol. The van der Waals surface area contributed by atoms with Crippen LogP contribution in [0.3, 0.4) is 0 Å². The number of fused-ring (bicyclic) bond motifs is 1. The Bertz CT molecular complexity index is 203. The van der Waals surface area contributed by atoms with E-state index in [1.165, 1.54) is 0 Å². The fourth-order valence-electron chi connectivity index (χ4n) is 2.36. The molecule has 0 aromatic rings. The van der Waals surface area contributed by atoms with E-state index in [9.17, 15) is 5.11 Å². The Morgan fingerprint density at radius 1 is 1.33 bits per heavy atom. The lowest BCUT2D eigenvalue weighted by molar-refractivity contribution is 0.0514. The van der Waals surface area contributed by atoms with Gasteiger partial charge in [-0.25, -0.2) is 0 Å². The van der Waals surface area contributed by atoms with E-state index in [1.54, 1.807) is 0 Å². The number of aliphatic imine (C=N–C) groups is 1. The molecule has 0 saturated heterocycles. The molecule has 1 aliphatic heterocycles. The molecule has 3 atom stereocenters. The summed E-state index contributed by atoms with van der Waals surface area (Å²) in [5, 5.41) is 9.68. The highest BCUT2D eigenvalue weighted by molar-refractivity contribution is 5.81. The largest absolute Gasteiger partial charge is 0.393 e. The minimum absolute atomic E-state index is 0.124. The van der Waals surface area contributed by atoms with Gasteiger partial charge in [-0.3, -0.25) is 4.99 Å². The van der Waals surface area contributed by atoms with E-state index in [0.717, 1.165) is 37.9 Å². The van der Waals surface area contributed by atoms with Crippen LogP contribution in [-0.4, -0.2) is 23.1 Å². The van der Waals surface area contributed by atoms with Crippen molar-refractivity contribution in [2.24, 2.45) is 16.6 Å². The van der Waals surface area contributed by atoms with Crippen LogP contribution in [-0.2, 0) is 0 Å². The normalized spacial score (nSPS) is 41.8. The zero-order valence-electron chi connectivity index (χ0n) is 7.24. The van der Waals surface area contributed by atoms with Crippen LogP contribution >= 0.6 is 0 Å². The van der Waals surface area contributed by atoms with Crippen LogP contribution in [0, 0.1) is 5.92 Å². The lowest BCUT2D eigenvalue weighted by Gasteiger charge is -2.36. The van der Waals surface area contributed by atoms with E-state index >= 15 is 0 Å². The molecule has 2 aliphatic rings. The van der Waals surface area contributed by atoms with E-state index in [0.29, 0.717) is 12.0 Å². The predicted octanol–water partition coefficient (Wildman–Crippen LogP) is 0.667. The van der Waals surface area contributed by atoms with Crippen molar-refractivity contribution >= 4 is 5.84 Å². The summed E-state index contributed by atoms with van der Waals surface area (Å²) in [7, 11) is 0. The zero-order valence-corrected chi connectivity index (χ0v) is 7.24. The van der Waals surface area contributed by atoms with Crippen molar-refractivity contribution in [1.29, 1.82) is 0 Å². The summed E-state index contributed by atoms with van der Waals surface area (Å²) in [5.74, 6) is 1.18. The third-order valence-corrected chi connectivity index (χ3v) is 3.05. The van der Waals surface area contributed by atoms with Gasteiger partial charge in [0, 0.05) is 12.3 Å². The lowest BCUT2D eigenvalue weighted by atomic mass is 9.78. The van der Waals surface area contributed by atoms with Crippen molar-refractivity contribution < 1.29 is 5.11 Å². The number of nitrogens with two attached hydrogens (primary N) is 1. The second kappa shape index (κ2) is 3.05. The summed E-state index contributed by atoms with van der Waals surface area (Å²) < 4.78 is 0. The number of hydrogen-bond donors (Lipinski definition) is 2. The lowest BCUT2D eigenvalue weighted by Crippen LogP contribution is -2.39. The van der Waals surface area contributed by atoms with Gasteiger partial charge in [0.2, 0.25) is 0 Å². The van der Waals surface area contributed by atoms with Crippen molar-refractivity contribution in [3.8, 4) is 0 Å². The van der Waals surface area contributed by atoms with Crippen LogP contribution in [0.5, 0.6) is 0 Å². The first-order valence-electron chi connectivity index (χ1n) is 4.77. The van der Waals surface area contributed by atoms with Gasteiger partial charge >= 0.3 is 0 Å². The number of aliphatic hydroxyl groups excluding tert-OH is 1. The quantitative estimate of drug-likeness (QED) is 0.558. The summed E-state index contributed by atoms with van der Waals surface area (Å²) in [6.45, 7) is 0. The first-order valence-corrected chi connectivity index (χ1v) is 4.77. The average molecular weight is 168 g/mol. The van der Waals surface area contributed by atoms with E-state index < -0.39 is 0 Å². The Morgan fingerprint density at radius 2 is 2.17 bits per heavy atom. The highest BCUT2D eigenvalue weighted by atomic mass is 16.3. The summed E-state index contributed by atoms with van der Waals surface area (Å²) in [6.07, 6.45) is 4.94. The van der Waals surface area contributed by atoms with Gasteiger partial charge in [0.15, 0.2) is 0 Å². The zero-order chi connectivity index (χ0) is 8.55. The van der Waals surface area contributed by atoms with Crippen LogP contribution in [0.2, 0.25) is 0 Å². The van der Waals surface area contributed by atoms with Crippen molar-refractivity contribution in [3.05, 3.63) is 0 Å². The molecule has 1 heterocycles. The monoisotopic (exact) mass is 168 g/mol. The molecule has 1 fully saturated rings. The van der Waals surface area contributed by atoms with Gasteiger partial charge in [-0.2, -0.15) is 0 Å². The van der Waals surface area contributed by atoms with Gasteiger partial charge in [-0.1, -0.05) is 0 Å². The van der Waals surface area contributed by atoms with Crippen LogP contribution < -0.4 is 5.73 Å². The molecule has 12 heavy (non-hydrogen) atoms. The number of amidine groups is 1. The Hall–Kier alpha value is -0.570. The summed E-state index contributed by atoms with van der Waals surface area (Å²) >= 11 is 0. The minimum Gasteiger partial charge on any atom is -0.393 e. The molecule has 68 valence electrons. The Labute approximate surface area is 72.7 Å². The molecule has 3 heteroatoms. The molecule has 0 radical (unpaired) electrons. The van der Waals surface area contributed by atoms with Crippen molar-refractivity contribution in [2.45, 2.75) is 44.2 Å². The smallest absolute Gasteiger partial charge is 0.0940 e. The molecule has 3 N–H and O–H groups in total. The number of rotatable bonds is 0. The Morgan fingerprint density at radius 3 is 3.00 bits per heavy atom. The summed E-state index contributed by atoms with van der Waals surface area (Å²) in [6, 6.07) is 0.322. The summed E-state index contributed by atoms with van der Waals surface area (Å²) in [5.41, 5.74) is 5.66. The van der Waals surface area contributed by atoms with Gasteiger partial charge in [0.25, 0.3) is 0 Å². The van der Waals surface area contributed by atoms with Crippen LogP contribution in [0.1, 0.15) is 32.1 Å². The van der Waals surface area contributed by atoms with Gasteiger partial charge in [0.1, 0.15) is 0 Å². The Balaban J connectivity index is 2.12. The van der Waals surface area contributed by atoms with Gasteiger partial charge < -0.3 is 10.8 Å². The highest BCUT2D eigenvalue weighted by Gasteiger charge is 2.33. The van der Waals surface area contributed by atoms with E-state index in [4.69, 9.17) is 5.73 Å². The molecule has 0 spiro atoms. The molecule has 1 aliphatic carbocycles. The van der Waals surface area contributed by atoms with E-state index in [2.05, 4.69) is 4.99 Å². The molecule has 0 aromatic carbocycles. The van der Waals surface area contributed by atoms with Gasteiger partial charge in [-0.15, -0.1) is 0 Å². The van der Waals surface area contributed by atoms with Crippen LogP contribution in [0.4, 0.5) is 0 Å². The first kappa shape index (κ1) is 8.05. The second-order valence-corrected chi connectivity index (χ2v) is 3.89. The number of hydrogen-bond acceptors (Lipinski definition) is 3. The molecule has 3 nitrogen and oxygen atoms in total. The molecule has 0 bridgehead atoms. The van der Waals surface area contributed by atoms with Crippen LogP contribution in [0.15, 0.2) is 4.99 Å². The predicted molar refractivity (Wildman–Crippen MR) is 48.0 cm³/mol. The molecule has 1 unspecified atom stereocenters. The molecule has 2 rings (SSSR count). The second-order valence-electron chi connectivity index (χ2n) is 3.89. The highest BCUT2D eigenvalue weighted by Crippen LogP contribution is 2.33. The van der Waals surface area contributed by atoms with Crippen molar-refractivity contribution in [2.75, 3.05) is 0 Å². The first-order chi connectivity index (χ1) is 5.77. The molecular formula is C9H16N2O. The number of nitrogens with zero attached hydrogens (tertiary/aromatic N) is 1. The minimum atomic E-state index is -0.124. The van der Waals surface area contributed by atoms with Gasteiger partial charge in [-0.05, 0) is 25.7 Å².